The van der Waals surface area contributed by atoms with Crippen molar-refractivity contribution in [2.45, 2.75) is 18.9 Å². The van der Waals surface area contributed by atoms with Crippen molar-refractivity contribution in [2.24, 2.45) is 7.05 Å². The highest BCUT2D eigenvalue weighted by Crippen LogP contribution is 2.31. The van der Waals surface area contributed by atoms with Crippen LogP contribution in [0.1, 0.15) is 24.4 Å². The van der Waals surface area contributed by atoms with Crippen LogP contribution in [-0.4, -0.2) is 47.5 Å². The van der Waals surface area contributed by atoms with Gasteiger partial charge in [0, 0.05) is 25.4 Å². The Hall–Kier alpha value is -2.54. The van der Waals surface area contributed by atoms with Crippen LogP contribution in [0.4, 0.5) is 10.5 Å². The van der Waals surface area contributed by atoms with Crippen molar-refractivity contribution < 1.29 is 9.53 Å². The summed E-state index contributed by atoms with van der Waals surface area (Å²) in [5, 5.41) is 9.84. The first kappa shape index (κ1) is 17.3. The molecule has 134 valence electrons. The SMILES string of the molecule is COc1ccccc1C(CNC(=O)Nc1cnn(C)c1)N1CCCC1. The van der Waals surface area contributed by atoms with E-state index in [0.717, 1.165) is 24.4 Å². The molecule has 2 N–H and O–H groups in total. The van der Waals surface area contributed by atoms with E-state index in [4.69, 9.17) is 4.74 Å². The van der Waals surface area contributed by atoms with Crippen LogP contribution in [0.2, 0.25) is 0 Å². The number of amides is 2. The van der Waals surface area contributed by atoms with Gasteiger partial charge in [0.2, 0.25) is 0 Å². The van der Waals surface area contributed by atoms with Crippen LogP contribution in [0.25, 0.3) is 0 Å². The van der Waals surface area contributed by atoms with Crippen LogP contribution in [-0.2, 0) is 7.05 Å². The fraction of sp³-hybridized carbons (Fsp3) is 0.444. The number of hydrogen-bond donors (Lipinski definition) is 2. The fourth-order valence-corrected chi connectivity index (χ4v) is 3.28. The number of carbonyl (C=O) groups excluding carboxylic acids is 1. The summed E-state index contributed by atoms with van der Waals surface area (Å²) in [5.41, 5.74) is 1.78. The molecule has 25 heavy (non-hydrogen) atoms. The molecule has 7 nitrogen and oxygen atoms in total. The molecular weight excluding hydrogens is 318 g/mol. The topological polar surface area (TPSA) is 71.4 Å². The first-order valence-electron chi connectivity index (χ1n) is 8.58. The number of aryl methyl sites for hydroxylation is 1. The molecule has 0 saturated carbocycles. The minimum absolute atomic E-state index is 0.0956. The molecule has 1 aromatic heterocycles. The lowest BCUT2D eigenvalue weighted by molar-refractivity contribution is 0.224. The molecule has 0 radical (unpaired) electrons. The van der Waals surface area contributed by atoms with Crippen LogP contribution in [0.3, 0.4) is 0 Å². The van der Waals surface area contributed by atoms with Crippen molar-refractivity contribution in [3.05, 3.63) is 42.2 Å². The number of methoxy groups -OCH3 is 1. The summed E-state index contributed by atoms with van der Waals surface area (Å²) < 4.78 is 7.18. The zero-order valence-electron chi connectivity index (χ0n) is 14.7. The van der Waals surface area contributed by atoms with Gasteiger partial charge in [-0.2, -0.15) is 5.10 Å². The molecule has 2 aromatic rings. The fourth-order valence-electron chi connectivity index (χ4n) is 3.28. The van der Waals surface area contributed by atoms with Gasteiger partial charge in [-0.1, -0.05) is 18.2 Å². The first-order valence-corrected chi connectivity index (χ1v) is 8.58. The smallest absolute Gasteiger partial charge is 0.319 e. The van der Waals surface area contributed by atoms with Crippen LogP contribution < -0.4 is 15.4 Å². The Morgan fingerprint density at radius 3 is 2.76 bits per heavy atom. The molecule has 0 aliphatic carbocycles. The predicted molar refractivity (Wildman–Crippen MR) is 96.8 cm³/mol. The van der Waals surface area contributed by atoms with E-state index >= 15 is 0 Å². The third kappa shape index (κ3) is 4.30. The number of hydrogen-bond acceptors (Lipinski definition) is 4. The summed E-state index contributed by atoms with van der Waals surface area (Å²) in [6.07, 6.45) is 5.76. The molecule has 0 spiro atoms. The van der Waals surface area contributed by atoms with Gasteiger partial charge in [-0.25, -0.2) is 4.79 Å². The lowest BCUT2D eigenvalue weighted by atomic mass is 10.0. The Balaban J connectivity index is 1.68. The van der Waals surface area contributed by atoms with Gasteiger partial charge in [0.1, 0.15) is 5.75 Å². The maximum atomic E-state index is 12.2. The summed E-state index contributed by atoms with van der Waals surface area (Å²) >= 11 is 0. The van der Waals surface area contributed by atoms with Gasteiger partial charge in [-0.3, -0.25) is 9.58 Å². The van der Waals surface area contributed by atoms with Crippen molar-refractivity contribution in [1.29, 1.82) is 0 Å². The van der Waals surface area contributed by atoms with Gasteiger partial charge in [0.15, 0.2) is 0 Å². The van der Waals surface area contributed by atoms with E-state index in [1.165, 1.54) is 12.8 Å². The summed E-state index contributed by atoms with van der Waals surface area (Å²) in [7, 11) is 3.50. The van der Waals surface area contributed by atoms with Gasteiger partial charge < -0.3 is 15.4 Å². The molecule has 1 unspecified atom stereocenters. The van der Waals surface area contributed by atoms with Crippen LogP contribution in [0.15, 0.2) is 36.7 Å². The zero-order chi connectivity index (χ0) is 17.6. The number of carbonyl (C=O) groups is 1. The van der Waals surface area contributed by atoms with E-state index < -0.39 is 0 Å². The largest absolute Gasteiger partial charge is 0.496 e. The summed E-state index contributed by atoms with van der Waals surface area (Å²) in [6.45, 7) is 2.59. The van der Waals surface area contributed by atoms with Crippen molar-refractivity contribution in [3.8, 4) is 5.75 Å². The number of rotatable bonds is 6. The molecule has 3 rings (SSSR count). The zero-order valence-corrected chi connectivity index (χ0v) is 14.7. The molecule has 1 aliphatic rings. The molecule has 7 heteroatoms. The lowest BCUT2D eigenvalue weighted by Crippen LogP contribution is -2.38. The summed E-state index contributed by atoms with van der Waals surface area (Å²) in [6, 6.07) is 7.88. The van der Waals surface area contributed by atoms with Gasteiger partial charge in [-0.15, -0.1) is 0 Å². The number of nitrogens with one attached hydrogen (secondary N) is 2. The number of nitrogens with zero attached hydrogens (tertiary/aromatic N) is 3. The van der Waals surface area contributed by atoms with Crippen molar-refractivity contribution in [1.82, 2.24) is 20.0 Å². The highest BCUT2D eigenvalue weighted by Gasteiger charge is 2.26. The van der Waals surface area contributed by atoms with Gasteiger partial charge in [0.05, 0.1) is 25.0 Å². The number of aromatic nitrogens is 2. The maximum Gasteiger partial charge on any atom is 0.319 e. The first-order chi connectivity index (χ1) is 12.2. The van der Waals surface area contributed by atoms with E-state index in [1.807, 2.05) is 25.2 Å². The molecule has 0 bridgehead atoms. The number of ether oxygens (including phenoxy) is 1. The third-order valence-corrected chi connectivity index (χ3v) is 4.50. The number of urea groups is 1. The van der Waals surface area contributed by atoms with E-state index in [0.29, 0.717) is 12.2 Å². The normalized spacial score (nSPS) is 15.8. The minimum Gasteiger partial charge on any atom is -0.496 e. The second-order valence-electron chi connectivity index (χ2n) is 6.24. The standard InChI is InChI=1S/C18H25N5O2/c1-22-13-14(11-20-22)21-18(24)19-12-16(23-9-5-6-10-23)15-7-3-4-8-17(15)25-2/h3-4,7-8,11,13,16H,5-6,9-10,12H2,1-2H3,(H2,19,21,24). The monoisotopic (exact) mass is 343 g/mol. The highest BCUT2D eigenvalue weighted by atomic mass is 16.5. The number of anilines is 1. The van der Waals surface area contributed by atoms with Crippen molar-refractivity contribution >= 4 is 11.7 Å². The van der Waals surface area contributed by atoms with Crippen LogP contribution in [0, 0.1) is 0 Å². The number of para-hydroxylation sites is 1. The lowest BCUT2D eigenvalue weighted by Gasteiger charge is -2.29. The number of benzene rings is 1. The molecule has 1 aromatic carbocycles. The summed E-state index contributed by atoms with van der Waals surface area (Å²) in [5.74, 6) is 0.855. The second-order valence-corrected chi connectivity index (χ2v) is 6.24. The molecule has 1 fully saturated rings. The molecular formula is C18H25N5O2. The minimum atomic E-state index is -0.230. The van der Waals surface area contributed by atoms with E-state index in [-0.39, 0.29) is 12.1 Å². The van der Waals surface area contributed by atoms with Gasteiger partial charge >= 0.3 is 6.03 Å². The Bertz CT molecular complexity index is 709. The molecule has 1 atom stereocenters. The molecule has 1 aliphatic heterocycles. The van der Waals surface area contributed by atoms with Crippen LogP contribution >= 0.6 is 0 Å². The molecule has 2 amide bonds. The average Bonchev–Trinajstić information content (AvgIpc) is 3.28. The predicted octanol–water partition coefficient (Wildman–Crippen LogP) is 2.39. The van der Waals surface area contributed by atoms with E-state index in [9.17, 15) is 4.79 Å². The number of likely N-dealkylation sites (tertiary alicyclic amines) is 1. The third-order valence-electron chi connectivity index (χ3n) is 4.50. The van der Waals surface area contributed by atoms with E-state index in [1.54, 1.807) is 24.2 Å². The van der Waals surface area contributed by atoms with E-state index in [2.05, 4.69) is 26.7 Å². The molecule has 1 saturated heterocycles. The Labute approximate surface area is 148 Å². The van der Waals surface area contributed by atoms with Crippen LogP contribution in [0.5, 0.6) is 5.75 Å². The quantitative estimate of drug-likeness (QED) is 0.845. The molecule has 2 heterocycles. The average molecular weight is 343 g/mol. The second kappa shape index (κ2) is 8.02. The maximum absolute atomic E-state index is 12.2. The van der Waals surface area contributed by atoms with Gasteiger partial charge in [-0.05, 0) is 32.0 Å². The van der Waals surface area contributed by atoms with Crippen molar-refractivity contribution in [3.63, 3.8) is 0 Å². The Morgan fingerprint density at radius 2 is 2.08 bits per heavy atom. The Kier molecular flexibility index (Phi) is 5.55. The summed E-state index contributed by atoms with van der Waals surface area (Å²) in [4.78, 5) is 14.6. The van der Waals surface area contributed by atoms with Gasteiger partial charge in [0.25, 0.3) is 0 Å². The van der Waals surface area contributed by atoms with Crippen molar-refractivity contribution in [2.75, 3.05) is 32.1 Å². The Morgan fingerprint density at radius 1 is 1.32 bits per heavy atom. The highest BCUT2D eigenvalue weighted by molar-refractivity contribution is 5.88.